The summed E-state index contributed by atoms with van der Waals surface area (Å²) in [5.74, 6) is -0.158. The van der Waals surface area contributed by atoms with Crippen LogP contribution in [0.3, 0.4) is 0 Å². The highest BCUT2D eigenvalue weighted by molar-refractivity contribution is 5.91. The number of nitrogens with one attached hydrogen (secondary N) is 1. The fraction of sp³-hybridized carbons (Fsp3) is 0.200. The highest BCUT2D eigenvalue weighted by Crippen LogP contribution is 2.03. The van der Waals surface area contributed by atoms with Gasteiger partial charge in [-0.1, -0.05) is 0 Å². The van der Waals surface area contributed by atoms with Gasteiger partial charge in [0.1, 0.15) is 5.69 Å². The lowest BCUT2D eigenvalue weighted by molar-refractivity contribution is 0.0779. The van der Waals surface area contributed by atoms with E-state index in [0.717, 1.165) is 5.56 Å². The van der Waals surface area contributed by atoms with Gasteiger partial charge in [-0.05, 0) is 0 Å². The maximum absolute atomic E-state index is 11.9. The maximum atomic E-state index is 11.9. The van der Waals surface area contributed by atoms with Gasteiger partial charge >= 0.3 is 0 Å². The summed E-state index contributed by atoms with van der Waals surface area (Å²) in [5.41, 5.74) is 1.29. The molecule has 0 unspecified atom stereocenters. The highest BCUT2D eigenvalue weighted by Gasteiger charge is 2.13. The lowest BCUT2D eigenvalue weighted by Crippen LogP contribution is -2.26. The van der Waals surface area contributed by atoms with Crippen molar-refractivity contribution >= 4 is 5.91 Å². The minimum absolute atomic E-state index is 0.158. The van der Waals surface area contributed by atoms with E-state index in [-0.39, 0.29) is 5.91 Å². The van der Waals surface area contributed by atoms with Crippen molar-refractivity contribution in [2.45, 2.75) is 6.54 Å². The summed E-state index contributed by atoms with van der Waals surface area (Å²) in [7, 11) is 1.71. The molecule has 0 saturated carbocycles. The third-order valence-corrected chi connectivity index (χ3v) is 2.10. The Kier molecular flexibility index (Phi) is 2.90. The molecule has 0 aliphatic carbocycles. The first-order chi connectivity index (χ1) is 7.77. The first-order valence-corrected chi connectivity index (χ1v) is 4.76. The summed E-state index contributed by atoms with van der Waals surface area (Å²) in [5, 5.41) is 6.51. The molecule has 2 aromatic rings. The van der Waals surface area contributed by atoms with Crippen LogP contribution in [0.15, 0.2) is 31.0 Å². The first-order valence-electron chi connectivity index (χ1n) is 4.76. The van der Waals surface area contributed by atoms with Gasteiger partial charge in [-0.3, -0.25) is 14.9 Å². The molecular weight excluding hydrogens is 206 g/mol. The molecule has 0 aliphatic heterocycles. The smallest absolute Gasteiger partial charge is 0.274 e. The van der Waals surface area contributed by atoms with Crippen molar-refractivity contribution in [1.82, 2.24) is 25.1 Å². The third kappa shape index (κ3) is 2.22. The van der Waals surface area contributed by atoms with Gasteiger partial charge in [-0.25, -0.2) is 4.98 Å². The topological polar surface area (TPSA) is 74.8 Å². The van der Waals surface area contributed by atoms with Gasteiger partial charge in [-0.2, -0.15) is 5.10 Å². The van der Waals surface area contributed by atoms with Crippen LogP contribution in [0.5, 0.6) is 0 Å². The van der Waals surface area contributed by atoms with Crippen molar-refractivity contribution in [1.29, 1.82) is 0 Å². The van der Waals surface area contributed by atoms with Gasteiger partial charge in [0.05, 0.1) is 12.4 Å². The predicted molar refractivity (Wildman–Crippen MR) is 56.4 cm³/mol. The molecule has 16 heavy (non-hydrogen) atoms. The Morgan fingerprint density at radius 3 is 2.94 bits per heavy atom. The van der Waals surface area contributed by atoms with Crippen molar-refractivity contribution in [3.05, 3.63) is 42.2 Å². The average Bonchev–Trinajstić information content (AvgIpc) is 2.82. The summed E-state index contributed by atoms with van der Waals surface area (Å²) >= 11 is 0. The number of H-pyrrole nitrogens is 1. The van der Waals surface area contributed by atoms with Crippen LogP contribution >= 0.6 is 0 Å². The number of amides is 1. The van der Waals surface area contributed by atoms with E-state index < -0.39 is 0 Å². The molecule has 0 fully saturated rings. The van der Waals surface area contributed by atoms with Crippen molar-refractivity contribution in [3.63, 3.8) is 0 Å². The predicted octanol–water partition coefficient (Wildman–Crippen LogP) is 0.472. The first kappa shape index (κ1) is 10.3. The Labute approximate surface area is 92.3 Å². The Morgan fingerprint density at radius 2 is 2.31 bits per heavy atom. The molecule has 2 aromatic heterocycles. The summed E-state index contributed by atoms with van der Waals surface area (Å²) in [6.45, 7) is 0.492. The zero-order chi connectivity index (χ0) is 11.4. The quantitative estimate of drug-likeness (QED) is 0.811. The fourth-order valence-corrected chi connectivity index (χ4v) is 1.31. The van der Waals surface area contributed by atoms with Gasteiger partial charge < -0.3 is 4.90 Å². The summed E-state index contributed by atoms with van der Waals surface area (Å²) in [6.07, 6.45) is 7.92. The Balaban J connectivity index is 2.05. The van der Waals surface area contributed by atoms with E-state index in [1.165, 1.54) is 18.6 Å². The third-order valence-electron chi connectivity index (χ3n) is 2.10. The molecule has 0 spiro atoms. The number of hydrogen-bond acceptors (Lipinski definition) is 4. The molecule has 82 valence electrons. The second-order valence-corrected chi connectivity index (χ2v) is 3.36. The molecule has 0 saturated heterocycles. The van der Waals surface area contributed by atoms with Crippen LogP contribution in [0.2, 0.25) is 0 Å². The largest absolute Gasteiger partial charge is 0.336 e. The van der Waals surface area contributed by atoms with Crippen LogP contribution in [-0.4, -0.2) is 38.0 Å². The lowest BCUT2D eigenvalue weighted by Gasteiger charge is -2.14. The van der Waals surface area contributed by atoms with Gasteiger partial charge in [0.2, 0.25) is 0 Å². The van der Waals surface area contributed by atoms with E-state index >= 15 is 0 Å². The van der Waals surface area contributed by atoms with Gasteiger partial charge in [0, 0.05) is 37.7 Å². The molecule has 0 aromatic carbocycles. The van der Waals surface area contributed by atoms with E-state index in [4.69, 9.17) is 0 Å². The number of nitrogens with zero attached hydrogens (tertiary/aromatic N) is 4. The summed E-state index contributed by atoms with van der Waals surface area (Å²) in [4.78, 5) is 21.2. The van der Waals surface area contributed by atoms with E-state index in [2.05, 4.69) is 20.2 Å². The van der Waals surface area contributed by atoms with Crippen molar-refractivity contribution < 1.29 is 4.79 Å². The van der Waals surface area contributed by atoms with Gasteiger partial charge in [0.25, 0.3) is 5.91 Å². The van der Waals surface area contributed by atoms with Crippen LogP contribution in [0.4, 0.5) is 0 Å². The van der Waals surface area contributed by atoms with Gasteiger partial charge in [-0.15, -0.1) is 0 Å². The lowest BCUT2D eigenvalue weighted by atomic mass is 10.3. The van der Waals surface area contributed by atoms with Crippen molar-refractivity contribution in [2.75, 3.05) is 7.05 Å². The molecule has 0 aliphatic rings. The molecule has 0 bridgehead atoms. The SMILES string of the molecule is CN(Cc1cn[nH]c1)C(=O)c1cnccn1. The molecule has 1 amide bonds. The molecule has 6 nitrogen and oxygen atoms in total. The molecular formula is C10H11N5O. The number of hydrogen-bond donors (Lipinski definition) is 1. The molecule has 2 rings (SSSR count). The Hall–Kier alpha value is -2.24. The second-order valence-electron chi connectivity index (χ2n) is 3.36. The van der Waals surface area contributed by atoms with Crippen LogP contribution < -0.4 is 0 Å². The molecule has 0 atom stereocenters. The van der Waals surface area contributed by atoms with Crippen LogP contribution in [0, 0.1) is 0 Å². The zero-order valence-corrected chi connectivity index (χ0v) is 8.79. The molecule has 1 N–H and O–H groups in total. The van der Waals surface area contributed by atoms with Crippen LogP contribution in [0.25, 0.3) is 0 Å². The zero-order valence-electron chi connectivity index (χ0n) is 8.79. The minimum atomic E-state index is -0.158. The van der Waals surface area contributed by atoms with Gasteiger partial charge in [0.15, 0.2) is 0 Å². The minimum Gasteiger partial charge on any atom is -0.336 e. The maximum Gasteiger partial charge on any atom is 0.274 e. The summed E-state index contributed by atoms with van der Waals surface area (Å²) in [6, 6.07) is 0. The number of aromatic nitrogens is 4. The van der Waals surface area contributed by atoms with E-state index in [1.54, 1.807) is 24.3 Å². The molecule has 0 radical (unpaired) electrons. The molecule has 2 heterocycles. The number of carbonyl (C=O) groups is 1. The van der Waals surface area contributed by atoms with Crippen molar-refractivity contribution in [2.24, 2.45) is 0 Å². The van der Waals surface area contributed by atoms with Crippen LogP contribution in [-0.2, 0) is 6.54 Å². The monoisotopic (exact) mass is 217 g/mol. The number of aromatic amines is 1. The standard InChI is InChI=1S/C10H11N5O/c1-15(7-8-4-13-14-5-8)10(16)9-6-11-2-3-12-9/h2-6H,7H2,1H3,(H,13,14). The second kappa shape index (κ2) is 4.52. The van der Waals surface area contributed by atoms with Crippen LogP contribution in [0.1, 0.15) is 16.1 Å². The van der Waals surface area contributed by atoms with E-state index in [9.17, 15) is 4.79 Å². The fourth-order valence-electron chi connectivity index (χ4n) is 1.31. The normalized spacial score (nSPS) is 10.1. The average molecular weight is 217 g/mol. The summed E-state index contributed by atoms with van der Waals surface area (Å²) < 4.78 is 0. The Morgan fingerprint density at radius 1 is 1.44 bits per heavy atom. The Bertz CT molecular complexity index is 453. The molecule has 6 heteroatoms. The van der Waals surface area contributed by atoms with E-state index in [1.807, 2.05) is 0 Å². The van der Waals surface area contributed by atoms with Crippen molar-refractivity contribution in [3.8, 4) is 0 Å². The number of rotatable bonds is 3. The highest BCUT2D eigenvalue weighted by atomic mass is 16.2. The van der Waals surface area contributed by atoms with E-state index in [0.29, 0.717) is 12.2 Å². The number of carbonyl (C=O) groups excluding carboxylic acids is 1.